The molecule has 426 valence electrons. The Morgan fingerprint density at radius 1 is 0.288 bits per heavy atom. The number of rotatable bonds is 59. The first-order valence-electron chi connectivity index (χ1n) is 32.1. The van der Waals surface area contributed by atoms with Crippen molar-refractivity contribution < 1.29 is 28.6 Å². The standard InChI is InChI=1S/C67H122O6/c1-4-7-10-13-16-19-21-23-24-25-26-27-28-29-30-31-32-33-34-35-36-37-38-39-40-41-42-44-45-48-51-54-57-60-66(69)72-63-64(62-71-65(68)59-56-53-50-47-18-15-12-9-6-3)73-67(70)61-58-55-52-49-46-43-22-20-17-14-11-8-5-2/h8,11,17,20,25-26,43,46,64H,4-7,9-10,12-16,18-19,21-24,27-42,44-45,47-63H2,1-3H3/b11-8-,20-17-,26-25-,46-43-. The number of carbonyl (C=O) groups is 3. The van der Waals surface area contributed by atoms with Crippen LogP contribution >= 0.6 is 0 Å². The highest BCUT2D eigenvalue weighted by Crippen LogP contribution is 2.17. The predicted molar refractivity (Wildman–Crippen MR) is 316 cm³/mol. The quantitative estimate of drug-likeness (QED) is 0.0261. The van der Waals surface area contributed by atoms with Crippen molar-refractivity contribution >= 4 is 17.9 Å². The molecule has 0 amide bonds. The summed E-state index contributed by atoms with van der Waals surface area (Å²) in [5.41, 5.74) is 0. The molecule has 0 aliphatic carbocycles. The molecule has 0 saturated carbocycles. The normalized spacial score (nSPS) is 12.3. The van der Waals surface area contributed by atoms with Crippen LogP contribution in [0.1, 0.15) is 342 Å². The fraction of sp³-hybridized carbons (Fsp3) is 0.836. The summed E-state index contributed by atoms with van der Waals surface area (Å²) >= 11 is 0. The average molecular weight is 1020 g/mol. The lowest BCUT2D eigenvalue weighted by molar-refractivity contribution is -0.167. The first-order valence-corrected chi connectivity index (χ1v) is 32.1. The van der Waals surface area contributed by atoms with E-state index >= 15 is 0 Å². The summed E-state index contributed by atoms with van der Waals surface area (Å²) in [5.74, 6) is -0.898. The minimum atomic E-state index is -0.784. The lowest BCUT2D eigenvalue weighted by Gasteiger charge is -2.18. The molecule has 0 heterocycles. The summed E-state index contributed by atoms with van der Waals surface area (Å²) < 4.78 is 16.8. The van der Waals surface area contributed by atoms with Gasteiger partial charge >= 0.3 is 17.9 Å². The molecule has 0 fully saturated rings. The molecule has 0 aliphatic heterocycles. The van der Waals surface area contributed by atoms with E-state index in [2.05, 4.69) is 69.4 Å². The smallest absolute Gasteiger partial charge is 0.306 e. The van der Waals surface area contributed by atoms with Gasteiger partial charge in [-0.3, -0.25) is 14.4 Å². The third-order valence-corrected chi connectivity index (χ3v) is 14.3. The number of carbonyl (C=O) groups excluding carboxylic acids is 3. The lowest BCUT2D eigenvalue weighted by atomic mass is 10.0. The highest BCUT2D eigenvalue weighted by Gasteiger charge is 2.19. The van der Waals surface area contributed by atoms with Crippen LogP contribution < -0.4 is 0 Å². The van der Waals surface area contributed by atoms with Gasteiger partial charge in [-0.05, 0) is 77.0 Å². The summed E-state index contributed by atoms with van der Waals surface area (Å²) in [4.78, 5) is 38.0. The summed E-state index contributed by atoms with van der Waals surface area (Å²) in [6, 6.07) is 0. The first-order chi connectivity index (χ1) is 36.0. The molecule has 6 nitrogen and oxygen atoms in total. The molecule has 0 rings (SSSR count). The van der Waals surface area contributed by atoms with E-state index in [-0.39, 0.29) is 31.1 Å². The third kappa shape index (κ3) is 60.1. The summed E-state index contributed by atoms with van der Waals surface area (Å²) in [6.07, 6.45) is 77.4. The number of unbranched alkanes of at least 4 members (excludes halogenated alkanes) is 40. The van der Waals surface area contributed by atoms with E-state index in [9.17, 15) is 14.4 Å². The molecule has 0 N–H and O–H groups in total. The van der Waals surface area contributed by atoms with Gasteiger partial charge in [0.25, 0.3) is 0 Å². The van der Waals surface area contributed by atoms with Gasteiger partial charge < -0.3 is 14.2 Å². The molecule has 0 aromatic carbocycles. The molecule has 6 heteroatoms. The largest absolute Gasteiger partial charge is 0.462 e. The first kappa shape index (κ1) is 70.4. The van der Waals surface area contributed by atoms with Crippen molar-refractivity contribution in [1.82, 2.24) is 0 Å². The van der Waals surface area contributed by atoms with E-state index in [1.807, 2.05) is 0 Å². The minimum Gasteiger partial charge on any atom is -0.462 e. The van der Waals surface area contributed by atoms with E-state index in [0.29, 0.717) is 19.3 Å². The van der Waals surface area contributed by atoms with E-state index < -0.39 is 6.10 Å². The van der Waals surface area contributed by atoms with Crippen LogP contribution in [-0.2, 0) is 28.6 Å². The highest BCUT2D eigenvalue weighted by atomic mass is 16.6. The highest BCUT2D eigenvalue weighted by molar-refractivity contribution is 5.71. The third-order valence-electron chi connectivity index (χ3n) is 14.3. The maximum absolute atomic E-state index is 12.8. The zero-order valence-electron chi connectivity index (χ0n) is 48.9. The Balaban J connectivity index is 3.99. The van der Waals surface area contributed by atoms with Crippen LogP contribution in [0.2, 0.25) is 0 Å². The second-order valence-corrected chi connectivity index (χ2v) is 21.6. The van der Waals surface area contributed by atoms with Gasteiger partial charge in [0, 0.05) is 19.3 Å². The Morgan fingerprint density at radius 3 is 0.863 bits per heavy atom. The molecule has 0 spiro atoms. The van der Waals surface area contributed by atoms with Crippen molar-refractivity contribution in [1.29, 1.82) is 0 Å². The van der Waals surface area contributed by atoms with Gasteiger partial charge in [-0.25, -0.2) is 0 Å². The van der Waals surface area contributed by atoms with Gasteiger partial charge in [0.05, 0.1) is 0 Å². The van der Waals surface area contributed by atoms with E-state index in [1.54, 1.807) is 0 Å². The van der Waals surface area contributed by atoms with Gasteiger partial charge in [-0.2, -0.15) is 0 Å². The van der Waals surface area contributed by atoms with Crippen LogP contribution in [-0.4, -0.2) is 37.2 Å². The molecule has 73 heavy (non-hydrogen) atoms. The SMILES string of the molecule is CC/C=C\C/C=C\C/C=C\CCCCCC(=O)OC(COC(=O)CCCCCCCCCCC)COC(=O)CCCCCCCCCCCCCCCCCCCCCCC/C=C\CCCCCCCCCC. The molecule has 1 unspecified atom stereocenters. The van der Waals surface area contributed by atoms with Crippen LogP contribution in [0.5, 0.6) is 0 Å². The fourth-order valence-electron chi connectivity index (χ4n) is 9.51. The predicted octanol–water partition coefficient (Wildman–Crippen LogP) is 21.8. The van der Waals surface area contributed by atoms with E-state index in [0.717, 1.165) is 83.5 Å². The summed E-state index contributed by atoms with van der Waals surface area (Å²) in [6.45, 7) is 6.52. The molecule has 0 aliphatic rings. The molecule has 0 aromatic heterocycles. The van der Waals surface area contributed by atoms with Crippen LogP contribution in [0, 0.1) is 0 Å². The number of hydrogen-bond acceptors (Lipinski definition) is 6. The molecular formula is C67H122O6. The van der Waals surface area contributed by atoms with Gasteiger partial charge in [0.2, 0.25) is 0 Å². The van der Waals surface area contributed by atoms with Gasteiger partial charge in [0.15, 0.2) is 6.10 Å². The second-order valence-electron chi connectivity index (χ2n) is 21.6. The zero-order valence-corrected chi connectivity index (χ0v) is 48.9. The van der Waals surface area contributed by atoms with Crippen molar-refractivity contribution in [3.05, 3.63) is 48.6 Å². The Bertz CT molecular complexity index is 1270. The number of ether oxygens (including phenoxy) is 3. The van der Waals surface area contributed by atoms with Crippen molar-refractivity contribution in [3.8, 4) is 0 Å². The summed E-state index contributed by atoms with van der Waals surface area (Å²) in [7, 11) is 0. The fourth-order valence-corrected chi connectivity index (χ4v) is 9.51. The number of esters is 3. The number of allylic oxidation sites excluding steroid dienone is 8. The zero-order chi connectivity index (χ0) is 52.9. The molecule has 1 atom stereocenters. The molecule has 0 aromatic rings. The van der Waals surface area contributed by atoms with Crippen LogP contribution in [0.4, 0.5) is 0 Å². The Hall–Kier alpha value is -2.63. The van der Waals surface area contributed by atoms with Crippen molar-refractivity contribution in [2.45, 2.75) is 348 Å². The topological polar surface area (TPSA) is 78.9 Å². The lowest BCUT2D eigenvalue weighted by Crippen LogP contribution is -2.30. The minimum absolute atomic E-state index is 0.0810. The van der Waals surface area contributed by atoms with Crippen molar-refractivity contribution in [2.75, 3.05) is 13.2 Å². The van der Waals surface area contributed by atoms with E-state index in [4.69, 9.17) is 14.2 Å². The maximum Gasteiger partial charge on any atom is 0.306 e. The maximum atomic E-state index is 12.8. The van der Waals surface area contributed by atoms with Gasteiger partial charge in [0.1, 0.15) is 13.2 Å². The molecule has 0 saturated heterocycles. The number of hydrogen-bond donors (Lipinski definition) is 0. The van der Waals surface area contributed by atoms with Gasteiger partial charge in [-0.1, -0.05) is 294 Å². The molecular weight excluding hydrogens is 901 g/mol. The molecule has 0 bridgehead atoms. The Morgan fingerprint density at radius 2 is 0.534 bits per heavy atom. The average Bonchev–Trinajstić information content (AvgIpc) is 3.39. The summed E-state index contributed by atoms with van der Waals surface area (Å²) in [5, 5.41) is 0. The van der Waals surface area contributed by atoms with Crippen LogP contribution in [0.3, 0.4) is 0 Å². The molecule has 0 radical (unpaired) electrons. The van der Waals surface area contributed by atoms with Crippen LogP contribution in [0.15, 0.2) is 48.6 Å². The van der Waals surface area contributed by atoms with Crippen molar-refractivity contribution in [3.63, 3.8) is 0 Å². The van der Waals surface area contributed by atoms with Crippen molar-refractivity contribution in [2.24, 2.45) is 0 Å². The van der Waals surface area contributed by atoms with Gasteiger partial charge in [-0.15, -0.1) is 0 Å². The van der Waals surface area contributed by atoms with E-state index in [1.165, 1.54) is 218 Å². The van der Waals surface area contributed by atoms with Crippen LogP contribution in [0.25, 0.3) is 0 Å². The Labute approximate surface area is 454 Å². The monoisotopic (exact) mass is 1020 g/mol. The Kier molecular flexibility index (Phi) is 59.7. The second kappa shape index (κ2) is 61.9.